The molecular formula is C17H11BrClF3N2O2. The lowest BCUT2D eigenvalue weighted by Crippen LogP contribution is -2.56. The summed E-state index contributed by atoms with van der Waals surface area (Å²) in [7, 11) is 0. The predicted molar refractivity (Wildman–Crippen MR) is 93.9 cm³/mol. The van der Waals surface area contributed by atoms with Crippen molar-refractivity contribution >= 4 is 39.1 Å². The Labute approximate surface area is 160 Å². The van der Waals surface area contributed by atoms with Crippen molar-refractivity contribution in [2.75, 3.05) is 0 Å². The van der Waals surface area contributed by atoms with E-state index in [1.54, 1.807) is 6.07 Å². The van der Waals surface area contributed by atoms with E-state index in [-0.39, 0.29) is 16.3 Å². The standard InChI is InChI=1S/C17H11BrClF3N2O2/c18-12-3-1-2-11(8-12)15(25)24-16(26,17(20,21)22)9-14(23-24)10-4-6-13(19)7-5-10/h1-8,26H,9H2/t16-/m0/s1. The highest BCUT2D eigenvalue weighted by molar-refractivity contribution is 9.10. The highest BCUT2D eigenvalue weighted by Crippen LogP contribution is 2.42. The van der Waals surface area contributed by atoms with Gasteiger partial charge in [0.1, 0.15) is 0 Å². The zero-order valence-electron chi connectivity index (χ0n) is 13.0. The first-order chi connectivity index (χ1) is 12.1. The fourth-order valence-electron chi connectivity index (χ4n) is 2.53. The van der Waals surface area contributed by atoms with Gasteiger partial charge in [0.25, 0.3) is 11.6 Å². The summed E-state index contributed by atoms with van der Waals surface area (Å²) in [6.45, 7) is 0. The zero-order chi connectivity index (χ0) is 19.1. The summed E-state index contributed by atoms with van der Waals surface area (Å²) in [5.74, 6) is -1.06. The fraction of sp³-hybridized carbons (Fsp3) is 0.176. The number of rotatable bonds is 2. The number of alkyl halides is 3. The zero-order valence-corrected chi connectivity index (χ0v) is 15.3. The highest BCUT2D eigenvalue weighted by atomic mass is 79.9. The number of hydrogen-bond donors (Lipinski definition) is 1. The van der Waals surface area contributed by atoms with Crippen LogP contribution in [-0.2, 0) is 0 Å². The van der Waals surface area contributed by atoms with Gasteiger partial charge in [0, 0.05) is 15.1 Å². The maximum Gasteiger partial charge on any atom is 0.438 e. The van der Waals surface area contributed by atoms with Gasteiger partial charge < -0.3 is 5.11 Å². The topological polar surface area (TPSA) is 52.9 Å². The Balaban J connectivity index is 2.05. The Morgan fingerprint density at radius 1 is 1.23 bits per heavy atom. The lowest BCUT2D eigenvalue weighted by atomic mass is 10.0. The molecule has 2 aromatic rings. The van der Waals surface area contributed by atoms with Gasteiger partial charge in [-0.25, -0.2) is 0 Å². The van der Waals surface area contributed by atoms with Crippen molar-refractivity contribution in [3.63, 3.8) is 0 Å². The third kappa shape index (κ3) is 3.36. The van der Waals surface area contributed by atoms with Crippen LogP contribution in [-0.4, -0.2) is 33.6 Å². The lowest BCUT2D eigenvalue weighted by molar-refractivity contribution is -0.297. The largest absolute Gasteiger partial charge is 0.438 e. The summed E-state index contributed by atoms with van der Waals surface area (Å²) >= 11 is 8.94. The van der Waals surface area contributed by atoms with E-state index < -0.39 is 24.2 Å². The summed E-state index contributed by atoms with van der Waals surface area (Å²) in [5.41, 5.74) is -3.20. The molecule has 1 atom stereocenters. The van der Waals surface area contributed by atoms with Crippen LogP contribution in [0, 0.1) is 0 Å². The van der Waals surface area contributed by atoms with Crippen LogP contribution in [0.5, 0.6) is 0 Å². The first-order valence-corrected chi connectivity index (χ1v) is 8.51. The average Bonchev–Trinajstić information content (AvgIpc) is 2.94. The van der Waals surface area contributed by atoms with E-state index in [4.69, 9.17) is 11.6 Å². The third-order valence-corrected chi connectivity index (χ3v) is 4.63. The molecule has 0 spiro atoms. The van der Waals surface area contributed by atoms with Crippen LogP contribution in [0.25, 0.3) is 0 Å². The van der Waals surface area contributed by atoms with Crippen molar-refractivity contribution in [2.45, 2.75) is 18.3 Å². The number of carbonyl (C=O) groups excluding carboxylic acids is 1. The second-order valence-corrected chi connectivity index (χ2v) is 7.02. The molecule has 4 nitrogen and oxygen atoms in total. The Hall–Kier alpha value is -1.90. The second kappa shape index (κ2) is 6.68. The molecule has 1 heterocycles. The molecule has 0 saturated carbocycles. The van der Waals surface area contributed by atoms with Gasteiger partial charge in [-0.2, -0.15) is 23.3 Å². The van der Waals surface area contributed by atoms with Gasteiger partial charge >= 0.3 is 6.18 Å². The molecule has 0 radical (unpaired) electrons. The smallest absolute Gasteiger partial charge is 0.362 e. The summed E-state index contributed by atoms with van der Waals surface area (Å²) in [6.07, 6.45) is -5.97. The van der Waals surface area contributed by atoms with Crippen molar-refractivity contribution in [1.29, 1.82) is 0 Å². The lowest BCUT2D eigenvalue weighted by Gasteiger charge is -2.32. The number of carbonyl (C=O) groups is 1. The molecular weight excluding hydrogens is 437 g/mol. The van der Waals surface area contributed by atoms with Crippen LogP contribution >= 0.6 is 27.5 Å². The number of nitrogens with zero attached hydrogens (tertiary/aromatic N) is 2. The number of amides is 1. The van der Waals surface area contributed by atoms with E-state index in [0.717, 1.165) is 0 Å². The van der Waals surface area contributed by atoms with Crippen LogP contribution < -0.4 is 0 Å². The van der Waals surface area contributed by atoms with Gasteiger partial charge in [0.2, 0.25) is 0 Å². The van der Waals surface area contributed by atoms with Crippen molar-refractivity contribution in [2.24, 2.45) is 5.10 Å². The normalized spacial score (nSPS) is 20.2. The van der Waals surface area contributed by atoms with E-state index in [0.29, 0.717) is 15.1 Å². The molecule has 1 aliphatic heterocycles. The number of hydrazone groups is 1. The monoisotopic (exact) mass is 446 g/mol. The third-order valence-electron chi connectivity index (χ3n) is 3.88. The minimum atomic E-state index is -5.09. The average molecular weight is 448 g/mol. The SMILES string of the molecule is O=C(c1cccc(Br)c1)N1N=C(c2ccc(Cl)cc2)C[C@]1(O)C(F)(F)F. The van der Waals surface area contributed by atoms with Crippen LogP contribution in [0.2, 0.25) is 5.02 Å². The molecule has 0 fully saturated rings. The van der Waals surface area contributed by atoms with Crippen molar-refractivity contribution < 1.29 is 23.1 Å². The van der Waals surface area contributed by atoms with Crippen LogP contribution in [0.15, 0.2) is 58.1 Å². The molecule has 3 rings (SSSR count). The molecule has 9 heteroatoms. The van der Waals surface area contributed by atoms with Gasteiger partial charge in [0.05, 0.1) is 12.1 Å². The summed E-state index contributed by atoms with van der Waals surface area (Å²) in [4.78, 5) is 12.6. The van der Waals surface area contributed by atoms with Crippen LogP contribution in [0.3, 0.4) is 0 Å². The molecule has 0 saturated heterocycles. The highest BCUT2D eigenvalue weighted by Gasteiger charge is 2.63. The van der Waals surface area contributed by atoms with E-state index in [9.17, 15) is 23.1 Å². The second-order valence-electron chi connectivity index (χ2n) is 5.67. The molecule has 1 N–H and O–H groups in total. The van der Waals surface area contributed by atoms with Gasteiger partial charge in [-0.15, -0.1) is 0 Å². The van der Waals surface area contributed by atoms with Gasteiger partial charge in [-0.1, -0.05) is 45.7 Å². The molecule has 0 aliphatic carbocycles. The number of aliphatic hydroxyl groups is 1. The first kappa shape index (κ1) is 18.9. The summed E-state index contributed by atoms with van der Waals surface area (Å²) in [5, 5.41) is 14.6. The Bertz CT molecular complexity index is 886. The van der Waals surface area contributed by atoms with E-state index in [2.05, 4.69) is 21.0 Å². The molecule has 0 aromatic heterocycles. The van der Waals surface area contributed by atoms with Gasteiger partial charge in [-0.3, -0.25) is 4.79 Å². The first-order valence-electron chi connectivity index (χ1n) is 7.34. The van der Waals surface area contributed by atoms with Crippen molar-refractivity contribution in [1.82, 2.24) is 5.01 Å². The van der Waals surface area contributed by atoms with Crippen LogP contribution in [0.1, 0.15) is 22.3 Å². The summed E-state index contributed by atoms with van der Waals surface area (Å²) in [6, 6.07) is 11.8. The van der Waals surface area contributed by atoms with Crippen LogP contribution in [0.4, 0.5) is 13.2 Å². The molecule has 136 valence electrons. The van der Waals surface area contributed by atoms with Gasteiger partial charge in [0.15, 0.2) is 0 Å². The Morgan fingerprint density at radius 3 is 2.46 bits per heavy atom. The van der Waals surface area contributed by atoms with E-state index >= 15 is 0 Å². The van der Waals surface area contributed by atoms with Crippen molar-refractivity contribution in [3.8, 4) is 0 Å². The maximum atomic E-state index is 13.6. The summed E-state index contributed by atoms with van der Waals surface area (Å²) < 4.78 is 41.2. The fourth-order valence-corrected chi connectivity index (χ4v) is 3.05. The van der Waals surface area contributed by atoms with Crippen molar-refractivity contribution in [3.05, 3.63) is 69.2 Å². The number of benzene rings is 2. The molecule has 2 aromatic carbocycles. The minimum Gasteiger partial charge on any atom is -0.362 e. The molecule has 0 unspecified atom stereocenters. The minimum absolute atomic E-state index is 0.0387. The molecule has 1 amide bonds. The Kier molecular flexibility index (Phi) is 4.85. The van der Waals surface area contributed by atoms with E-state index in [1.807, 2.05) is 0 Å². The van der Waals surface area contributed by atoms with E-state index in [1.165, 1.54) is 42.5 Å². The molecule has 26 heavy (non-hydrogen) atoms. The quantitative estimate of drug-likeness (QED) is 0.731. The van der Waals surface area contributed by atoms with Gasteiger partial charge in [-0.05, 0) is 35.9 Å². The Morgan fingerprint density at radius 2 is 1.88 bits per heavy atom. The molecule has 1 aliphatic rings. The number of halogens is 5. The molecule has 0 bridgehead atoms. The number of hydrogen-bond acceptors (Lipinski definition) is 3. The maximum absolute atomic E-state index is 13.6. The predicted octanol–water partition coefficient (Wildman–Crippen LogP) is 4.60.